The van der Waals surface area contributed by atoms with Crippen LogP contribution in [0.4, 0.5) is 0 Å². The molecule has 1 heterocycles. The number of aryl methyl sites for hydroxylation is 1. The Morgan fingerprint density at radius 3 is 2.50 bits per heavy atom. The van der Waals surface area contributed by atoms with Crippen molar-refractivity contribution in [3.63, 3.8) is 0 Å². The molecule has 0 saturated heterocycles. The Labute approximate surface area is 78.8 Å². The highest BCUT2D eigenvalue weighted by molar-refractivity contribution is 7.09. The third kappa shape index (κ3) is 2.31. The summed E-state index contributed by atoms with van der Waals surface area (Å²) in [6.45, 7) is 8.82. The van der Waals surface area contributed by atoms with Gasteiger partial charge < -0.3 is 0 Å². The average molecular weight is 183 g/mol. The van der Waals surface area contributed by atoms with E-state index in [1.54, 1.807) is 11.3 Å². The Balaban J connectivity index is 2.77. The van der Waals surface area contributed by atoms with E-state index in [4.69, 9.17) is 0 Å². The van der Waals surface area contributed by atoms with Gasteiger partial charge in [-0.05, 0) is 6.42 Å². The third-order valence-corrected chi connectivity index (χ3v) is 3.02. The molecule has 1 aromatic rings. The molecule has 0 saturated carbocycles. The minimum atomic E-state index is 0.219. The first kappa shape index (κ1) is 9.72. The van der Waals surface area contributed by atoms with Crippen LogP contribution in [0.5, 0.6) is 0 Å². The number of hydrogen-bond acceptors (Lipinski definition) is 2. The monoisotopic (exact) mass is 183 g/mol. The van der Waals surface area contributed by atoms with Gasteiger partial charge in [0.05, 0.1) is 10.7 Å². The zero-order valence-electron chi connectivity index (χ0n) is 8.35. The van der Waals surface area contributed by atoms with Crippen molar-refractivity contribution < 1.29 is 0 Å². The molecule has 2 heteroatoms. The quantitative estimate of drug-likeness (QED) is 0.685. The zero-order chi connectivity index (χ0) is 9.19. The highest BCUT2D eigenvalue weighted by Crippen LogP contribution is 2.25. The number of thiazole rings is 1. The van der Waals surface area contributed by atoms with Crippen LogP contribution in [-0.4, -0.2) is 4.98 Å². The molecule has 0 atom stereocenters. The molecule has 0 amide bonds. The Morgan fingerprint density at radius 1 is 1.42 bits per heavy atom. The van der Waals surface area contributed by atoms with Crippen LogP contribution in [0.15, 0.2) is 5.38 Å². The minimum absolute atomic E-state index is 0.219. The van der Waals surface area contributed by atoms with E-state index in [2.05, 4.69) is 38.1 Å². The first-order valence-electron chi connectivity index (χ1n) is 4.49. The summed E-state index contributed by atoms with van der Waals surface area (Å²) in [5, 5.41) is 3.44. The van der Waals surface area contributed by atoms with E-state index in [-0.39, 0.29) is 5.41 Å². The molecule has 0 aromatic carbocycles. The van der Waals surface area contributed by atoms with E-state index in [1.807, 2.05) is 0 Å². The van der Waals surface area contributed by atoms with Crippen molar-refractivity contribution in [2.75, 3.05) is 0 Å². The summed E-state index contributed by atoms with van der Waals surface area (Å²) in [4.78, 5) is 4.59. The first-order chi connectivity index (χ1) is 5.54. The molecule has 1 aromatic heterocycles. The molecule has 0 aliphatic rings. The van der Waals surface area contributed by atoms with E-state index < -0.39 is 0 Å². The lowest BCUT2D eigenvalue weighted by molar-refractivity contribution is 0.582. The average Bonchev–Trinajstić information content (AvgIpc) is 2.35. The second-order valence-electron chi connectivity index (χ2n) is 4.14. The zero-order valence-corrected chi connectivity index (χ0v) is 9.16. The van der Waals surface area contributed by atoms with Gasteiger partial charge in [-0.1, -0.05) is 34.1 Å². The fourth-order valence-electron chi connectivity index (χ4n) is 1.02. The molecule has 0 aliphatic carbocycles. The molecule has 0 fully saturated rings. The van der Waals surface area contributed by atoms with Crippen molar-refractivity contribution in [2.24, 2.45) is 0 Å². The van der Waals surface area contributed by atoms with Gasteiger partial charge >= 0.3 is 0 Å². The van der Waals surface area contributed by atoms with Gasteiger partial charge in [-0.15, -0.1) is 11.3 Å². The lowest BCUT2D eigenvalue weighted by Gasteiger charge is -2.13. The molecule has 1 rings (SSSR count). The van der Waals surface area contributed by atoms with Crippen LogP contribution in [-0.2, 0) is 11.8 Å². The normalized spacial score (nSPS) is 12.0. The van der Waals surface area contributed by atoms with Crippen molar-refractivity contribution in [3.05, 3.63) is 16.1 Å². The smallest absolute Gasteiger partial charge is 0.0981 e. The van der Waals surface area contributed by atoms with Crippen molar-refractivity contribution in [3.8, 4) is 0 Å². The van der Waals surface area contributed by atoms with Gasteiger partial charge in [-0.2, -0.15) is 0 Å². The lowest BCUT2D eigenvalue weighted by Crippen LogP contribution is -2.10. The van der Waals surface area contributed by atoms with E-state index in [0.717, 1.165) is 6.42 Å². The highest BCUT2D eigenvalue weighted by atomic mass is 32.1. The number of hydrogen-bond donors (Lipinski definition) is 0. The molecule has 0 unspecified atom stereocenters. The predicted octanol–water partition coefficient (Wildman–Crippen LogP) is 3.39. The van der Waals surface area contributed by atoms with Crippen molar-refractivity contribution >= 4 is 11.3 Å². The SMILES string of the molecule is CCCc1csc(C(C)(C)C)n1. The van der Waals surface area contributed by atoms with Crippen molar-refractivity contribution in [2.45, 2.75) is 46.0 Å². The predicted molar refractivity (Wildman–Crippen MR) is 54.8 cm³/mol. The second kappa shape index (κ2) is 3.56. The molecule has 0 spiro atoms. The molecule has 1 nitrogen and oxygen atoms in total. The molecular formula is C10H17NS. The van der Waals surface area contributed by atoms with E-state index in [9.17, 15) is 0 Å². The Morgan fingerprint density at radius 2 is 2.08 bits per heavy atom. The summed E-state index contributed by atoms with van der Waals surface area (Å²) in [7, 11) is 0. The first-order valence-corrected chi connectivity index (χ1v) is 5.37. The van der Waals surface area contributed by atoms with Crippen molar-refractivity contribution in [1.29, 1.82) is 0 Å². The van der Waals surface area contributed by atoms with Crippen LogP contribution in [0.1, 0.15) is 44.8 Å². The molecular weight excluding hydrogens is 166 g/mol. The summed E-state index contributed by atoms with van der Waals surface area (Å²) in [5.74, 6) is 0. The van der Waals surface area contributed by atoms with E-state index in [1.165, 1.54) is 17.1 Å². The summed E-state index contributed by atoms with van der Waals surface area (Å²) in [6, 6.07) is 0. The molecule has 0 bridgehead atoms. The van der Waals surface area contributed by atoms with Gasteiger partial charge in [0, 0.05) is 10.8 Å². The second-order valence-corrected chi connectivity index (χ2v) is 5.00. The summed E-state index contributed by atoms with van der Waals surface area (Å²) < 4.78 is 0. The van der Waals surface area contributed by atoms with Crippen LogP contribution in [0.25, 0.3) is 0 Å². The number of rotatable bonds is 2. The topological polar surface area (TPSA) is 12.9 Å². The third-order valence-electron chi connectivity index (χ3n) is 1.70. The Kier molecular flexibility index (Phi) is 2.89. The molecule has 0 radical (unpaired) electrons. The van der Waals surface area contributed by atoms with Crippen LogP contribution in [0, 0.1) is 0 Å². The van der Waals surface area contributed by atoms with E-state index >= 15 is 0 Å². The molecule has 12 heavy (non-hydrogen) atoms. The van der Waals surface area contributed by atoms with Crippen molar-refractivity contribution in [1.82, 2.24) is 4.98 Å². The van der Waals surface area contributed by atoms with Gasteiger partial charge in [0.2, 0.25) is 0 Å². The van der Waals surface area contributed by atoms with Gasteiger partial charge in [-0.25, -0.2) is 4.98 Å². The standard InChI is InChI=1S/C10H17NS/c1-5-6-8-7-12-9(11-8)10(2,3)4/h7H,5-6H2,1-4H3. The van der Waals surface area contributed by atoms with Gasteiger partial charge in [0.1, 0.15) is 0 Å². The maximum atomic E-state index is 4.59. The molecule has 0 N–H and O–H groups in total. The Hall–Kier alpha value is -0.370. The van der Waals surface area contributed by atoms with Gasteiger partial charge in [-0.3, -0.25) is 0 Å². The van der Waals surface area contributed by atoms with Crippen LogP contribution in [0.3, 0.4) is 0 Å². The van der Waals surface area contributed by atoms with Crippen LogP contribution < -0.4 is 0 Å². The summed E-state index contributed by atoms with van der Waals surface area (Å²) in [6.07, 6.45) is 2.31. The lowest BCUT2D eigenvalue weighted by atomic mass is 9.98. The number of nitrogens with zero attached hydrogens (tertiary/aromatic N) is 1. The van der Waals surface area contributed by atoms with Gasteiger partial charge in [0.25, 0.3) is 0 Å². The maximum absolute atomic E-state index is 4.59. The van der Waals surface area contributed by atoms with E-state index in [0.29, 0.717) is 0 Å². The van der Waals surface area contributed by atoms with Crippen LogP contribution >= 0.6 is 11.3 Å². The highest BCUT2D eigenvalue weighted by Gasteiger charge is 2.17. The van der Waals surface area contributed by atoms with Gasteiger partial charge in [0.15, 0.2) is 0 Å². The molecule has 68 valence electrons. The number of aromatic nitrogens is 1. The largest absolute Gasteiger partial charge is 0.246 e. The molecule has 0 aliphatic heterocycles. The summed E-state index contributed by atoms with van der Waals surface area (Å²) >= 11 is 1.79. The Bertz CT molecular complexity index is 245. The fourth-order valence-corrected chi connectivity index (χ4v) is 1.96. The fraction of sp³-hybridized carbons (Fsp3) is 0.700. The summed E-state index contributed by atoms with van der Waals surface area (Å²) in [5.41, 5.74) is 1.48. The van der Waals surface area contributed by atoms with Crippen LogP contribution in [0.2, 0.25) is 0 Å². The minimum Gasteiger partial charge on any atom is -0.246 e. The maximum Gasteiger partial charge on any atom is 0.0981 e.